The molecule has 1 aliphatic heterocycles. The van der Waals surface area contributed by atoms with Crippen LogP contribution in [0.1, 0.15) is 40.3 Å². The van der Waals surface area contributed by atoms with Gasteiger partial charge in [0, 0.05) is 18.0 Å². The minimum Gasteiger partial charge on any atom is -0.495 e. The zero-order valence-electron chi connectivity index (χ0n) is 17.4. The number of rotatable bonds is 4. The third kappa shape index (κ3) is 3.73. The molecule has 0 bridgehead atoms. The molecule has 3 aromatic heterocycles. The van der Waals surface area contributed by atoms with E-state index in [0.29, 0.717) is 28.4 Å². The summed E-state index contributed by atoms with van der Waals surface area (Å²) in [6, 6.07) is 3.16. The molecule has 31 heavy (non-hydrogen) atoms. The third-order valence-corrected chi connectivity index (χ3v) is 5.26. The highest BCUT2D eigenvalue weighted by Gasteiger charge is 2.39. The van der Waals surface area contributed by atoms with E-state index in [1.165, 1.54) is 17.3 Å². The predicted octanol–water partition coefficient (Wildman–Crippen LogP) is 4.25. The van der Waals surface area contributed by atoms with Gasteiger partial charge in [0.15, 0.2) is 0 Å². The van der Waals surface area contributed by atoms with Crippen LogP contribution in [0.3, 0.4) is 0 Å². The lowest BCUT2D eigenvalue weighted by molar-refractivity contribution is -0.142. The minimum atomic E-state index is -4.40. The maximum absolute atomic E-state index is 13.1. The lowest BCUT2D eigenvalue weighted by Gasteiger charge is -2.19. The molecule has 0 saturated carbocycles. The van der Waals surface area contributed by atoms with E-state index in [9.17, 15) is 18.0 Å². The highest BCUT2D eigenvalue weighted by molar-refractivity contribution is 6.11. The SMILES string of the molecule is COc1cc(-c2cc(C)c3c(n2)[C@H](C)N(c2cnn(CC(F)(F)F)c2)C3=O)cnc1C. The highest BCUT2D eigenvalue weighted by atomic mass is 19.4. The van der Waals surface area contributed by atoms with Gasteiger partial charge in [0.25, 0.3) is 5.91 Å². The maximum atomic E-state index is 13.1. The van der Waals surface area contributed by atoms with Gasteiger partial charge in [-0.1, -0.05) is 0 Å². The molecule has 1 atom stereocenters. The quantitative estimate of drug-likeness (QED) is 0.618. The van der Waals surface area contributed by atoms with Gasteiger partial charge in [-0.05, 0) is 38.5 Å². The fourth-order valence-corrected chi connectivity index (χ4v) is 3.79. The molecule has 3 aromatic rings. The molecule has 1 amide bonds. The lowest BCUT2D eigenvalue weighted by atomic mass is 10.0. The molecular formula is C21H20F3N5O2. The van der Waals surface area contributed by atoms with Gasteiger partial charge < -0.3 is 4.74 Å². The third-order valence-electron chi connectivity index (χ3n) is 5.26. The molecule has 0 spiro atoms. The Labute approximate surface area is 176 Å². The topological polar surface area (TPSA) is 73.1 Å². The molecular weight excluding hydrogens is 411 g/mol. The maximum Gasteiger partial charge on any atom is 0.408 e. The predicted molar refractivity (Wildman–Crippen MR) is 107 cm³/mol. The number of hydrogen-bond donors (Lipinski definition) is 0. The molecule has 0 saturated heterocycles. The van der Waals surface area contributed by atoms with E-state index < -0.39 is 18.8 Å². The first-order valence-electron chi connectivity index (χ1n) is 9.54. The zero-order valence-corrected chi connectivity index (χ0v) is 17.4. The molecule has 10 heteroatoms. The van der Waals surface area contributed by atoms with Crippen LogP contribution in [-0.4, -0.2) is 38.9 Å². The summed E-state index contributed by atoms with van der Waals surface area (Å²) < 4.78 is 44.1. The summed E-state index contributed by atoms with van der Waals surface area (Å²) in [5, 5.41) is 3.75. The fraction of sp³-hybridized carbons (Fsp3) is 0.333. The molecule has 0 aromatic carbocycles. The summed E-state index contributed by atoms with van der Waals surface area (Å²) >= 11 is 0. The van der Waals surface area contributed by atoms with E-state index in [4.69, 9.17) is 9.72 Å². The van der Waals surface area contributed by atoms with Gasteiger partial charge in [-0.3, -0.25) is 19.4 Å². The van der Waals surface area contributed by atoms with E-state index in [0.717, 1.165) is 21.5 Å². The normalized spacial score (nSPS) is 16.0. The minimum absolute atomic E-state index is 0.291. The summed E-state index contributed by atoms with van der Waals surface area (Å²) in [6.45, 7) is 4.21. The van der Waals surface area contributed by atoms with Gasteiger partial charge in [0.05, 0.1) is 47.7 Å². The van der Waals surface area contributed by atoms with Gasteiger partial charge in [-0.25, -0.2) is 4.98 Å². The Morgan fingerprint density at radius 3 is 2.61 bits per heavy atom. The molecule has 0 fully saturated rings. The Balaban J connectivity index is 1.72. The zero-order chi connectivity index (χ0) is 22.5. The van der Waals surface area contributed by atoms with Crippen LogP contribution in [0, 0.1) is 13.8 Å². The lowest BCUT2D eigenvalue weighted by Crippen LogP contribution is -2.26. The van der Waals surface area contributed by atoms with Gasteiger partial charge in [0.1, 0.15) is 12.3 Å². The monoisotopic (exact) mass is 431 g/mol. The number of halogens is 3. The van der Waals surface area contributed by atoms with Crippen LogP contribution in [0.2, 0.25) is 0 Å². The smallest absolute Gasteiger partial charge is 0.408 e. The largest absolute Gasteiger partial charge is 0.495 e. The number of amides is 1. The number of alkyl halides is 3. The van der Waals surface area contributed by atoms with Crippen molar-refractivity contribution >= 4 is 11.6 Å². The molecule has 0 unspecified atom stereocenters. The number of pyridine rings is 2. The molecule has 0 aliphatic carbocycles. The van der Waals surface area contributed by atoms with Crippen LogP contribution in [0.4, 0.5) is 18.9 Å². The fourth-order valence-electron chi connectivity index (χ4n) is 3.79. The summed E-state index contributed by atoms with van der Waals surface area (Å²) in [6.07, 6.45) is -0.231. The number of fused-ring (bicyclic) bond motifs is 1. The number of anilines is 1. The number of ether oxygens (including phenoxy) is 1. The molecule has 4 heterocycles. The van der Waals surface area contributed by atoms with Crippen molar-refractivity contribution in [3.8, 4) is 17.0 Å². The van der Waals surface area contributed by atoms with Crippen molar-refractivity contribution < 1.29 is 22.7 Å². The Morgan fingerprint density at radius 2 is 1.94 bits per heavy atom. The second kappa shape index (κ2) is 7.36. The average Bonchev–Trinajstić information content (AvgIpc) is 3.23. The Kier molecular flexibility index (Phi) is 4.95. The van der Waals surface area contributed by atoms with Gasteiger partial charge in [0.2, 0.25) is 0 Å². The number of methoxy groups -OCH3 is 1. The van der Waals surface area contributed by atoms with Crippen molar-refractivity contribution in [1.82, 2.24) is 19.7 Å². The first-order chi connectivity index (χ1) is 14.6. The van der Waals surface area contributed by atoms with E-state index >= 15 is 0 Å². The number of carbonyl (C=O) groups is 1. The summed E-state index contributed by atoms with van der Waals surface area (Å²) in [7, 11) is 1.56. The number of hydrogen-bond acceptors (Lipinski definition) is 5. The van der Waals surface area contributed by atoms with Crippen molar-refractivity contribution in [3.63, 3.8) is 0 Å². The summed E-state index contributed by atoms with van der Waals surface area (Å²) in [5.74, 6) is 0.311. The Hall–Kier alpha value is -3.43. The van der Waals surface area contributed by atoms with E-state index in [1.54, 1.807) is 26.3 Å². The Bertz CT molecular complexity index is 1170. The van der Waals surface area contributed by atoms with E-state index in [-0.39, 0.29) is 5.91 Å². The van der Waals surface area contributed by atoms with Gasteiger partial charge in [-0.2, -0.15) is 18.3 Å². The number of aryl methyl sites for hydroxylation is 2. The van der Waals surface area contributed by atoms with Crippen LogP contribution in [0.15, 0.2) is 30.7 Å². The standard InChI is InChI=1S/C21H20F3N5O2/c1-11-5-16(14-6-17(31-4)12(2)25-7-14)27-19-13(3)29(20(30)18(11)19)15-8-26-28(9-15)10-21(22,23)24/h5-9,13H,10H2,1-4H3/t13-/m0/s1. The van der Waals surface area contributed by atoms with Crippen molar-refractivity contribution in [2.24, 2.45) is 0 Å². The summed E-state index contributed by atoms with van der Waals surface area (Å²) in [4.78, 5) is 23.6. The van der Waals surface area contributed by atoms with Crippen molar-refractivity contribution in [1.29, 1.82) is 0 Å². The van der Waals surface area contributed by atoms with Crippen LogP contribution in [0.25, 0.3) is 11.3 Å². The van der Waals surface area contributed by atoms with Crippen LogP contribution < -0.4 is 9.64 Å². The van der Waals surface area contributed by atoms with E-state index in [1.807, 2.05) is 19.9 Å². The molecule has 0 N–H and O–H groups in total. The second-order valence-electron chi connectivity index (χ2n) is 7.46. The van der Waals surface area contributed by atoms with Crippen LogP contribution >= 0.6 is 0 Å². The molecule has 4 rings (SSSR count). The number of aromatic nitrogens is 4. The average molecular weight is 431 g/mol. The first-order valence-corrected chi connectivity index (χ1v) is 9.54. The van der Waals surface area contributed by atoms with Crippen molar-refractivity contribution in [2.45, 2.75) is 39.5 Å². The van der Waals surface area contributed by atoms with Gasteiger partial charge >= 0.3 is 6.18 Å². The number of nitrogens with zero attached hydrogens (tertiary/aromatic N) is 5. The Morgan fingerprint density at radius 1 is 1.19 bits per heavy atom. The number of carbonyl (C=O) groups excluding carboxylic acids is 1. The van der Waals surface area contributed by atoms with Crippen molar-refractivity contribution in [3.05, 3.63) is 53.2 Å². The summed E-state index contributed by atoms with van der Waals surface area (Å²) in [5.41, 5.74) is 4.14. The van der Waals surface area contributed by atoms with Crippen LogP contribution in [-0.2, 0) is 6.54 Å². The molecule has 162 valence electrons. The van der Waals surface area contributed by atoms with Crippen molar-refractivity contribution in [2.75, 3.05) is 12.0 Å². The molecule has 1 aliphatic rings. The second-order valence-corrected chi connectivity index (χ2v) is 7.46. The van der Waals surface area contributed by atoms with Crippen LogP contribution in [0.5, 0.6) is 5.75 Å². The molecule has 7 nitrogen and oxygen atoms in total. The highest BCUT2D eigenvalue weighted by Crippen LogP contribution is 2.39. The molecule has 0 radical (unpaired) electrons. The van der Waals surface area contributed by atoms with E-state index in [2.05, 4.69) is 10.1 Å². The first kappa shape index (κ1) is 20.8. The van der Waals surface area contributed by atoms with Gasteiger partial charge in [-0.15, -0.1) is 0 Å².